The Balaban J connectivity index is 2.04. The van der Waals surface area contributed by atoms with Crippen LogP contribution in [0, 0.1) is 5.82 Å². The number of alkyl halides is 3. The summed E-state index contributed by atoms with van der Waals surface area (Å²) in [5, 5.41) is 0. The molecule has 0 aliphatic heterocycles. The lowest BCUT2D eigenvalue weighted by Crippen LogP contribution is -2.04. The van der Waals surface area contributed by atoms with Crippen molar-refractivity contribution in [3.8, 4) is 11.1 Å². The number of halogens is 4. The van der Waals surface area contributed by atoms with Crippen molar-refractivity contribution < 1.29 is 17.6 Å². The number of hydrogen-bond acceptors (Lipinski definition) is 0. The first kappa shape index (κ1) is 18.5. The predicted octanol–water partition coefficient (Wildman–Crippen LogP) is 7.02. The zero-order chi connectivity index (χ0) is 17.6. The molecule has 0 aromatic heterocycles. The molecule has 0 radical (unpaired) electrons. The molecule has 0 heterocycles. The van der Waals surface area contributed by atoms with Crippen molar-refractivity contribution in [2.75, 3.05) is 0 Å². The summed E-state index contributed by atoms with van der Waals surface area (Å²) < 4.78 is 52.0. The molecule has 24 heavy (non-hydrogen) atoms. The smallest absolute Gasteiger partial charge is 0.206 e. The van der Waals surface area contributed by atoms with E-state index in [9.17, 15) is 17.6 Å². The molecule has 4 heteroatoms. The molecule has 0 spiro atoms. The number of unbranched alkanes of at least 4 members (excludes halogenated alkanes) is 4. The van der Waals surface area contributed by atoms with E-state index in [2.05, 4.69) is 6.92 Å². The van der Waals surface area contributed by atoms with Gasteiger partial charge < -0.3 is 0 Å². The SMILES string of the molecule is CCCCCCCc1ccc(-c2ccc(C(F)(F)F)cc2)c(F)c1. The molecular formula is C20H22F4. The Kier molecular flexibility index (Phi) is 6.41. The fourth-order valence-corrected chi connectivity index (χ4v) is 2.72. The van der Waals surface area contributed by atoms with E-state index in [1.54, 1.807) is 6.07 Å². The van der Waals surface area contributed by atoms with Gasteiger partial charge in [-0.1, -0.05) is 56.9 Å². The van der Waals surface area contributed by atoms with Gasteiger partial charge in [-0.15, -0.1) is 0 Å². The van der Waals surface area contributed by atoms with Crippen molar-refractivity contribution in [1.82, 2.24) is 0 Å². The number of hydrogen-bond donors (Lipinski definition) is 0. The van der Waals surface area contributed by atoms with Gasteiger partial charge in [-0.2, -0.15) is 13.2 Å². The van der Waals surface area contributed by atoms with Crippen molar-refractivity contribution >= 4 is 0 Å². The highest BCUT2D eigenvalue weighted by atomic mass is 19.4. The monoisotopic (exact) mass is 338 g/mol. The largest absolute Gasteiger partial charge is 0.416 e. The molecule has 0 bridgehead atoms. The van der Waals surface area contributed by atoms with Crippen molar-refractivity contribution in [2.24, 2.45) is 0 Å². The van der Waals surface area contributed by atoms with E-state index >= 15 is 0 Å². The Labute approximate surface area is 140 Å². The molecule has 2 rings (SSSR count). The third kappa shape index (κ3) is 5.08. The molecule has 0 saturated heterocycles. The Morgan fingerprint density at radius 2 is 1.50 bits per heavy atom. The second kappa shape index (κ2) is 8.32. The zero-order valence-corrected chi connectivity index (χ0v) is 13.8. The Bertz CT molecular complexity index is 642. The van der Waals surface area contributed by atoms with Crippen molar-refractivity contribution in [3.63, 3.8) is 0 Å². The van der Waals surface area contributed by atoms with Crippen LogP contribution in [-0.2, 0) is 12.6 Å². The first-order valence-corrected chi connectivity index (χ1v) is 8.38. The molecule has 0 aliphatic rings. The number of aryl methyl sites for hydroxylation is 1. The summed E-state index contributed by atoms with van der Waals surface area (Å²) in [4.78, 5) is 0. The average molecular weight is 338 g/mol. The van der Waals surface area contributed by atoms with Crippen LogP contribution in [0.1, 0.15) is 50.2 Å². The van der Waals surface area contributed by atoms with Crippen LogP contribution in [0.25, 0.3) is 11.1 Å². The lowest BCUT2D eigenvalue weighted by Gasteiger charge is -2.09. The van der Waals surface area contributed by atoms with E-state index in [-0.39, 0.29) is 5.82 Å². The van der Waals surface area contributed by atoms with Crippen molar-refractivity contribution in [3.05, 3.63) is 59.4 Å². The minimum atomic E-state index is -4.38. The van der Waals surface area contributed by atoms with E-state index in [0.717, 1.165) is 37.0 Å². The zero-order valence-electron chi connectivity index (χ0n) is 13.8. The summed E-state index contributed by atoms with van der Waals surface area (Å²) in [6.07, 6.45) is 2.22. The molecule has 2 aromatic rings. The van der Waals surface area contributed by atoms with Crippen LogP contribution in [-0.4, -0.2) is 0 Å². The molecule has 0 unspecified atom stereocenters. The molecule has 0 atom stereocenters. The van der Waals surface area contributed by atoms with Gasteiger partial charge in [0.05, 0.1) is 5.56 Å². The summed E-state index contributed by atoms with van der Waals surface area (Å²) in [6, 6.07) is 9.59. The highest BCUT2D eigenvalue weighted by Gasteiger charge is 2.30. The normalized spacial score (nSPS) is 11.7. The van der Waals surface area contributed by atoms with Crippen molar-refractivity contribution in [1.29, 1.82) is 0 Å². The topological polar surface area (TPSA) is 0 Å². The summed E-state index contributed by atoms with van der Waals surface area (Å²) in [6.45, 7) is 2.16. The second-order valence-electron chi connectivity index (χ2n) is 6.05. The van der Waals surface area contributed by atoms with E-state index in [1.165, 1.54) is 37.5 Å². The fraction of sp³-hybridized carbons (Fsp3) is 0.400. The van der Waals surface area contributed by atoms with Gasteiger partial charge in [0.15, 0.2) is 0 Å². The van der Waals surface area contributed by atoms with E-state index in [1.807, 2.05) is 6.07 Å². The van der Waals surface area contributed by atoms with Crippen LogP contribution in [0.15, 0.2) is 42.5 Å². The second-order valence-corrected chi connectivity index (χ2v) is 6.05. The van der Waals surface area contributed by atoms with Crippen LogP contribution in [0.5, 0.6) is 0 Å². The van der Waals surface area contributed by atoms with Gasteiger partial charge >= 0.3 is 6.18 Å². The quantitative estimate of drug-likeness (QED) is 0.376. The Morgan fingerprint density at radius 1 is 0.833 bits per heavy atom. The molecule has 0 amide bonds. The summed E-state index contributed by atoms with van der Waals surface area (Å²) >= 11 is 0. The third-order valence-electron chi connectivity index (χ3n) is 4.13. The molecule has 0 saturated carbocycles. The molecule has 0 nitrogen and oxygen atoms in total. The maximum absolute atomic E-state index is 14.3. The predicted molar refractivity (Wildman–Crippen MR) is 89.3 cm³/mol. The molecule has 0 fully saturated rings. The fourth-order valence-electron chi connectivity index (χ4n) is 2.72. The molecule has 0 aliphatic carbocycles. The van der Waals surface area contributed by atoms with Gasteiger partial charge in [0.25, 0.3) is 0 Å². The highest BCUT2D eigenvalue weighted by molar-refractivity contribution is 5.64. The molecule has 2 aromatic carbocycles. The molecular weight excluding hydrogens is 316 g/mol. The van der Waals surface area contributed by atoms with E-state index in [0.29, 0.717) is 11.1 Å². The maximum Gasteiger partial charge on any atom is 0.416 e. The van der Waals surface area contributed by atoms with Gasteiger partial charge in [-0.05, 0) is 42.2 Å². The van der Waals surface area contributed by atoms with Crippen LogP contribution >= 0.6 is 0 Å². The van der Waals surface area contributed by atoms with Gasteiger partial charge in [-0.25, -0.2) is 4.39 Å². The van der Waals surface area contributed by atoms with Gasteiger partial charge in [-0.3, -0.25) is 0 Å². The van der Waals surface area contributed by atoms with Crippen LogP contribution in [0.3, 0.4) is 0 Å². The average Bonchev–Trinajstić information content (AvgIpc) is 2.54. The van der Waals surface area contributed by atoms with Gasteiger partial charge in [0.2, 0.25) is 0 Å². The first-order chi connectivity index (χ1) is 11.4. The summed E-state index contributed by atoms with van der Waals surface area (Å²) in [5.41, 5.74) is 0.989. The van der Waals surface area contributed by atoms with E-state index < -0.39 is 11.7 Å². The first-order valence-electron chi connectivity index (χ1n) is 8.38. The van der Waals surface area contributed by atoms with E-state index in [4.69, 9.17) is 0 Å². The Morgan fingerprint density at radius 3 is 2.08 bits per heavy atom. The van der Waals surface area contributed by atoms with Crippen LogP contribution in [0.2, 0.25) is 0 Å². The summed E-state index contributed by atoms with van der Waals surface area (Å²) in [7, 11) is 0. The lowest BCUT2D eigenvalue weighted by atomic mass is 9.99. The third-order valence-corrected chi connectivity index (χ3v) is 4.13. The maximum atomic E-state index is 14.3. The number of benzene rings is 2. The highest BCUT2D eigenvalue weighted by Crippen LogP contribution is 2.31. The van der Waals surface area contributed by atoms with Gasteiger partial charge in [0.1, 0.15) is 5.82 Å². The molecule has 130 valence electrons. The molecule has 0 N–H and O–H groups in total. The minimum Gasteiger partial charge on any atom is -0.206 e. The summed E-state index contributed by atoms with van der Waals surface area (Å²) in [5.74, 6) is -0.388. The minimum absolute atomic E-state index is 0.332. The van der Waals surface area contributed by atoms with Crippen molar-refractivity contribution in [2.45, 2.75) is 51.6 Å². The Hall–Kier alpha value is -1.84. The van der Waals surface area contributed by atoms with Gasteiger partial charge in [0, 0.05) is 5.56 Å². The lowest BCUT2D eigenvalue weighted by molar-refractivity contribution is -0.137. The van der Waals surface area contributed by atoms with Crippen LogP contribution < -0.4 is 0 Å². The standard InChI is InChI=1S/C20H22F4/c1-2-3-4-5-6-7-15-8-13-18(19(21)14-15)16-9-11-17(12-10-16)20(22,23)24/h8-14H,2-7H2,1H3. The van der Waals surface area contributed by atoms with Crippen LogP contribution in [0.4, 0.5) is 17.6 Å². The number of rotatable bonds is 7.